The average molecular weight is 349 g/mol. The summed E-state index contributed by atoms with van der Waals surface area (Å²) in [4.78, 5) is 14.5. The van der Waals surface area contributed by atoms with Gasteiger partial charge in [0.15, 0.2) is 0 Å². The Morgan fingerprint density at radius 2 is 2.08 bits per heavy atom. The van der Waals surface area contributed by atoms with Crippen LogP contribution in [-0.4, -0.2) is 36.1 Å². The number of carbonyl (C=O) groups excluding carboxylic acids is 1. The van der Waals surface area contributed by atoms with Gasteiger partial charge < -0.3 is 4.74 Å². The van der Waals surface area contributed by atoms with Crippen molar-refractivity contribution >= 4 is 5.97 Å². The molecule has 1 saturated carbocycles. The molecular weight excluding hydrogens is 312 g/mol. The van der Waals surface area contributed by atoms with Crippen LogP contribution in [0.15, 0.2) is 11.6 Å². The maximum atomic E-state index is 11.9. The van der Waals surface area contributed by atoms with Gasteiger partial charge in [0.05, 0.1) is 6.61 Å². The predicted octanol–water partition coefficient (Wildman–Crippen LogP) is 4.70. The molecule has 1 rings (SSSR count). The van der Waals surface area contributed by atoms with Crippen LogP contribution in [0.4, 0.5) is 0 Å². The standard InChI is InChI=1S/C21H36N2O2/c1-6-9-12-23(17(5)7-2)20-11-10-18(16(4)13-20)14-19(15-22)21(24)25-8-3/h14,16-18,20H,6-13H2,1-5H3/b19-14+. The highest BCUT2D eigenvalue weighted by molar-refractivity contribution is 5.92. The molecule has 4 heteroatoms. The smallest absolute Gasteiger partial charge is 0.348 e. The Bertz CT molecular complexity index is 481. The highest BCUT2D eigenvalue weighted by Crippen LogP contribution is 2.35. The van der Waals surface area contributed by atoms with Crippen LogP contribution < -0.4 is 0 Å². The Morgan fingerprint density at radius 1 is 1.36 bits per heavy atom. The molecule has 4 atom stereocenters. The van der Waals surface area contributed by atoms with Gasteiger partial charge in [0.2, 0.25) is 0 Å². The minimum atomic E-state index is -0.483. The summed E-state index contributed by atoms with van der Waals surface area (Å²) >= 11 is 0. The number of esters is 1. The molecule has 0 aromatic rings. The van der Waals surface area contributed by atoms with E-state index in [0.29, 0.717) is 30.5 Å². The molecule has 142 valence electrons. The molecule has 4 nitrogen and oxygen atoms in total. The summed E-state index contributed by atoms with van der Waals surface area (Å²) in [6.45, 7) is 12.3. The Hall–Kier alpha value is -1.34. The molecule has 1 aliphatic carbocycles. The Morgan fingerprint density at radius 3 is 2.60 bits per heavy atom. The molecule has 4 unspecified atom stereocenters. The van der Waals surface area contributed by atoms with Crippen molar-refractivity contribution in [2.24, 2.45) is 11.8 Å². The van der Waals surface area contributed by atoms with E-state index in [-0.39, 0.29) is 5.57 Å². The van der Waals surface area contributed by atoms with Crippen LogP contribution in [0.5, 0.6) is 0 Å². The normalized spacial score (nSPS) is 25.5. The maximum Gasteiger partial charge on any atom is 0.348 e. The van der Waals surface area contributed by atoms with Crippen molar-refractivity contribution in [3.05, 3.63) is 11.6 Å². The summed E-state index contributed by atoms with van der Waals surface area (Å²) in [5.74, 6) is 0.286. The van der Waals surface area contributed by atoms with Crippen LogP contribution in [0.25, 0.3) is 0 Å². The van der Waals surface area contributed by atoms with E-state index in [1.807, 2.05) is 12.1 Å². The minimum Gasteiger partial charge on any atom is -0.462 e. The molecule has 0 spiro atoms. The summed E-state index contributed by atoms with van der Waals surface area (Å²) < 4.78 is 4.98. The zero-order valence-electron chi connectivity index (χ0n) is 16.8. The fourth-order valence-corrected chi connectivity index (χ4v) is 3.85. The largest absolute Gasteiger partial charge is 0.462 e. The van der Waals surface area contributed by atoms with Crippen molar-refractivity contribution in [1.82, 2.24) is 4.90 Å². The number of hydrogen-bond acceptors (Lipinski definition) is 4. The minimum absolute atomic E-state index is 0.168. The number of ether oxygens (including phenoxy) is 1. The first-order chi connectivity index (χ1) is 12.0. The molecule has 0 bridgehead atoms. The van der Waals surface area contributed by atoms with Gasteiger partial charge in [-0.25, -0.2) is 4.79 Å². The summed E-state index contributed by atoms with van der Waals surface area (Å²) in [6, 6.07) is 3.26. The molecule has 1 aliphatic rings. The third kappa shape index (κ3) is 6.47. The van der Waals surface area contributed by atoms with Crippen LogP contribution in [0.3, 0.4) is 0 Å². The number of nitriles is 1. The van der Waals surface area contributed by atoms with Crippen LogP contribution >= 0.6 is 0 Å². The van der Waals surface area contributed by atoms with Crippen molar-refractivity contribution in [3.8, 4) is 6.07 Å². The fourth-order valence-electron chi connectivity index (χ4n) is 3.85. The lowest BCUT2D eigenvalue weighted by atomic mass is 9.76. The van der Waals surface area contributed by atoms with E-state index < -0.39 is 5.97 Å². The van der Waals surface area contributed by atoms with E-state index in [9.17, 15) is 10.1 Å². The highest BCUT2D eigenvalue weighted by Gasteiger charge is 2.32. The average Bonchev–Trinajstić information content (AvgIpc) is 2.61. The van der Waals surface area contributed by atoms with Gasteiger partial charge >= 0.3 is 5.97 Å². The van der Waals surface area contributed by atoms with Crippen molar-refractivity contribution in [3.63, 3.8) is 0 Å². The van der Waals surface area contributed by atoms with E-state index in [1.165, 1.54) is 25.8 Å². The topological polar surface area (TPSA) is 53.3 Å². The number of unbranched alkanes of at least 4 members (excludes halogenated alkanes) is 1. The number of allylic oxidation sites excluding steroid dienone is 1. The van der Waals surface area contributed by atoms with Crippen molar-refractivity contribution in [1.29, 1.82) is 5.26 Å². The zero-order valence-corrected chi connectivity index (χ0v) is 16.8. The molecule has 1 fully saturated rings. The molecule has 0 N–H and O–H groups in total. The first kappa shape index (κ1) is 21.7. The lowest BCUT2D eigenvalue weighted by Crippen LogP contribution is -2.45. The van der Waals surface area contributed by atoms with Crippen molar-refractivity contribution < 1.29 is 9.53 Å². The van der Waals surface area contributed by atoms with Gasteiger partial charge in [-0.1, -0.05) is 33.3 Å². The van der Waals surface area contributed by atoms with E-state index in [4.69, 9.17) is 4.74 Å². The molecule has 0 aromatic carbocycles. The zero-order chi connectivity index (χ0) is 18.8. The third-order valence-corrected chi connectivity index (χ3v) is 5.60. The lowest BCUT2D eigenvalue weighted by molar-refractivity contribution is -0.138. The van der Waals surface area contributed by atoms with Crippen LogP contribution in [-0.2, 0) is 9.53 Å². The van der Waals surface area contributed by atoms with Gasteiger partial charge in [-0.05, 0) is 64.3 Å². The van der Waals surface area contributed by atoms with Crippen molar-refractivity contribution in [2.45, 2.75) is 85.2 Å². The first-order valence-corrected chi connectivity index (χ1v) is 10.0. The van der Waals surface area contributed by atoms with E-state index in [1.54, 1.807) is 6.92 Å². The fraction of sp³-hybridized carbons (Fsp3) is 0.810. The van der Waals surface area contributed by atoms with Crippen molar-refractivity contribution in [2.75, 3.05) is 13.2 Å². The summed E-state index contributed by atoms with van der Waals surface area (Å²) in [5, 5.41) is 9.25. The summed E-state index contributed by atoms with van der Waals surface area (Å²) in [5.41, 5.74) is 0.168. The molecule has 0 aliphatic heterocycles. The Balaban J connectivity index is 2.77. The van der Waals surface area contributed by atoms with Gasteiger partial charge in [-0.3, -0.25) is 4.90 Å². The summed E-state index contributed by atoms with van der Waals surface area (Å²) in [7, 11) is 0. The molecule has 0 saturated heterocycles. The van der Waals surface area contributed by atoms with E-state index in [0.717, 1.165) is 19.3 Å². The van der Waals surface area contributed by atoms with E-state index >= 15 is 0 Å². The van der Waals surface area contributed by atoms with Crippen LogP contribution in [0.2, 0.25) is 0 Å². The maximum absolute atomic E-state index is 11.9. The van der Waals surface area contributed by atoms with Crippen LogP contribution in [0.1, 0.15) is 73.1 Å². The monoisotopic (exact) mass is 348 g/mol. The van der Waals surface area contributed by atoms with Crippen LogP contribution in [0, 0.1) is 23.2 Å². The molecule has 0 radical (unpaired) electrons. The Kier molecular flexibility index (Phi) is 9.82. The number of rotatable bonds is 9. The number of hydrogen-bond donors (Lipinski definition) is 0. The van der Waals surface area contributed by atoms with E-state index in [2.05, 4.69) is 32.6 Å². The van der Waals surface area contributed by atoms with Gasteiger partial charge in [0.1, 0.15) is 11.6 Å². The van der Waals surface area contributed by atoms with Gasteiger partial charge in [0.25, 0.3) is 0 Å². The second-order valence-corrected chi connectivity index (χ2v) is 7.37. The number of carbonyl (C=O) groups is 1. The molecule has 0 aromatic heterocycles. The summed E-state index contributed by atoms with van der Waals surface area (Å²) in [6.07, 6.45) is 8.83. The second kappa shape index (κ2) is 11.3. The molecular formula is C21H36N2O2. The van der Waals surface area contributed by atoms with Gasteiger partial charge in [0, 0.05) is 12.1 Å². The van der Waals surface area contributed by atoms with Gasteiger partial charge in [-0.15, -0.1) is 0 Å². The van der Waals surface area contributed by atoms with Gasteiger partial charge in [-0.2, -0.15) is 5.26 Å². The number of nitrogens with zero attached hydrogens (tertiary/aromatic N) is 2. The third-order valence-electron chi connectivity index (χ3n) is 5.60. The highest BCUT2D eigenvalue weighted by atomic mass is 16.5. The second-order valence-electron chi connectivity index (χ2n) is 7.37. The lowest BCUT2D eigenvalue weighted by Gasteiger charge is -2.42. The Labute approximate surface area is 154 Å². The predicted molar refractivity (Wildman–Crippen MR) is 102 cm³/mol. The molecule has 0 heterocycles. The molecule has 0 amide bonds. The quantitative estimate of drug-likeness (QED) is 0.344. The first-order valence-electron chi connectivity index (χ1n) is 10.0. The molecule has 25 heavy (non-hydrogen) atoms. The SMILES string of the molecule is CCCCN(C(C)CC)C1CCC(/C=C(\C#N)C(=O)OCC)C(C)C1.